The van der Waals surface area contributed by atoms with Crippen LogP contribution in [0.25, 0.3) is 17.3 Å². The maximum absolute atomic E-state index is 13.0. The van der Waals surface area contributed by atoms with Crippen molar-refractivity contribution >= 4 is 23.5 Å². The van der Waals surface area contributed by atoms with E-state index < -0.39 is 0 Å². The second-order valence-corrected chi connectivity index (χ2v) is 7.48. The highest BCUT2D eigenvalue weighted by Crippen LogP contribution is 2.25. The van der Waals surface area contributed by atoms with E-state index in [4.69, 9.17) is 0 Å². The summed E-state index contributed by atoms with van der Waals surface area (Å²) in [6.07, 6.45) is 4.33. The predicted octanol–water partition coefficient (Wildman–Crippen LogP) is 3.68. The maximum Gasteiger partial charge on any atom is 0.267 e. The first kappa shape index (κ1) is 18.5. The lowest BCUT2D eigenvalue weighted by Crippen LogP contribution is -2.48. The SMILES string of the molecule is O=C(c1snnc1-c1ccccc1)N1CCN(CC=Cc2ccccc2)CC1. The minimum atomic E-state index is 0.0355. The summed E-state index contributed by atoms with van der Waals surface area (Å²) in [5.74, 6) is 0.0355. The van der Waals surface area contributed by atoms with Crippen LogP contribution in [0.4, 0.5) is 0 Å². The van der Waals surface area contributed by atoms with Gasteiger partial charge < -0.3 is 4.90 Å². The van der Waals surface area contributed by atoms with Gasteiger partial charge in [-0.25, -0.2) is 0 Å². The molecule has 4 rings (SSSR count). The lowest BCUT2D eigenvalue weighted by atomic mass is 10.1. The van der Waals surface area contributed by atoms with Crippen molar-refractivity contribution in [2.45, 2.75) is 0 Å². The number of carbonyl (C=O) groups excluding carboxylic acids is 1. The molecule has 0 radical (unpaired) electrons. The number of carbonyl (C=O) groups is 1. The largest absolute Gasteiger partial charge is 0.335 e. The number of nitrogens with zero attached hydrogens (tertiary/aromatic N) is 4. The van der Waals surface area contributed by atoms with E-state index in [0.29, 0.717) is 10.6 Å². The summed E-state index contributed by atoms with van der Waals surface area (Å²) in [4.78, 5) is 17.9. The normalized spacial score (nSPS) is 15.2. The third kappa shape index (κ3) is 4.35. The van der Waals surface area contributed by atoms with Crippen molar-refractivity contribution in [1.82, 2.24) is 19.4 Å². The maximum atomic E-state index is 13.0. The highest BCUT2D eigenvalue weighted by Gasteiger charge is 2.26. The van der Waals surface area contributed by atoms with Crippen LogP contribution in [0, 0.1) is 0 Å². The lowest BCUT2D eigenvalue weighted by molar-refractivity contribution is 0.0655. The Balaban J connectivity index is 1.34. The molecule has 2 aromatic carbocycles. The van der Waals surface area contributed by atoms with Crippen molar-refractivity contribution in [3.8, 4) is 11.3 Å². The van der Waals surface area contributed by atoms with E-state index in [-0.39, 0.29) is 5.91 Å². The Kier molecular flexibility index (Phi) is 5.89. The standard InChI is InChI=1S/C22H22N4OS/c27-22(21-20(23-24-28-21)19-11-5-2-6-12-19)26-16-14-25(15-17-26)13-7-10-18-8-3-1-4-9-18/h1-12H,13-17H2. The van der Waals surface area contributed by atoms with Crippen molar-refractivity contribution < 1.29 is 4.79 Å². The average Bonchev–Trinajstić information content (AvgIpc) is 3.25. The van der Waals surface area contributed by atoms with Gasteiger partial charge in [-0.1, -0.05) is 77.3 Å². The van der Waals surface area contributed by atoms with Gasteiger partial charge in [0.05, 0.1) is 0 Å². The number of aromatic nitrogens is 2. The first-order valence-corrected chi connectivity index (χ1v) is 10.2. The Morgan fingerprint density at radius 3 is 2.36 bits per heavy atom. The molecule has 0 atom stereocenters. The number of piperazine rings is 1. The molecule has 6 heteroatoms. The molecule has 28 heavy (non-hydrogen) atoms. The zero-order valence-electron chi connectivity index (χ0n) is 15.6. The van der Waals surface area contributed by atoms with Crippen molar-refractivity contribution in [2.24, 2.45) is 0 Å². The predicted molar refractivity (Wildman–Crippen MR) is 113 cm³/mol. The second kappa shape index (κ2) is 8.91. The quantitative estimate of drug-likeness (QED) is 0.667. The van der Waals surface area contributed by atoms with E-state index in [2.05, 4.69) is 38.8 Å². The van der Waals surface area contributed by atoms with Gasteiger partial charge in [0.15, 0.2) is 0 Å². The second-order valence-electron chi connectivity index (χ2n) is 6.72. The molecule has 142 valence electrons. The van der Waals surface area contributed by atoms with Crippen LogP contribution in [0.3, 0.4) is 0 Å². The molecule has 0 unspecified atom stereocenters. The van der Waals surface area contributed by atoms with Crippen LogP contribution in [0.5, 0.6) is 0 Å². The molecule has 2 heterocycles. The van der Waals surface area contributed by atoms with Gasteiger partial charge in [0, 0.05) is 38.3 Å². The summed E-state index contributed by atoms with van der Waals surface area (Å²) in [7, 11) is 0. The molecule has 0 saturated carbocycles. The van der Waals surface area contributed by atoms with Crippen molar-refractivity contribution in [2.75, 3.05) is 32.7 Å². The Morgan fingerprint density at radius 1 is 0.964 bits per heavy atom. The van der Waals surface area contributed by atoms with Crippen molar-refractivity contribution in [3.63, 3.8) is 0 Å². The van der Waals surface area contributed by atoms with Gasteiger partial charge in [0.25, 0.3) is 5.91 Å². The van der Waals surface area contributed by atoms with Crippen LogP contribution < -0.4 is 0 Å². The highest BCUT2D eigenvalue weighted by atomic mass is 32.1. The minimum absolute atomic E-state index is 0.0355. The molecule has 3 aromatic rings. The van der Waals surface area contributed by atoms with Crippen LogP contribution in [0.1, 0.15) is 15.2 Å². The van der Waals surface area contributed by atoms with Crippen LogP contribution in [0.15, 0.2) is 66.7 Å². The zero-order valence-corrected chi connectivity index (χ0v) is 16.4. The summed E-state index contributed by atoms with van der Waals surface area (Å²) in [5.41, 5.74) is 2.83. The molecule has 0 aliphatic carbocycles. The van der Waals surface area contributed by atoms with Gasteiger partial charge in [0.2, 0.25) is 0 Å². The summed E-state index contributed by atoms with van der Waals surface area (Å²) in [5, 5.41) is 4.19. The summed E-state index contributed by atoms with van der Waals surface area (Å²) < 4.78 is 4.02. The van der Waals surface area contributed by atoms with E-state index in [0.717, 1.165) is 38.3 Å². The Hall–Kier alpha value is -2.83. The molecule has 1 aromatic heterocycles. The number of hydrogen-bond acceptors (Lipinski definition) is 5. The van der Waals surface area contributed by atoms with Gasteiger partial charge in [0.1, 0.15) is 10.6 Å². The first-order chi connectivity index (χ1) is 13.8. The Bertz CT molecular complexity index is 931. The monoisotopic (exact) mass is 390 g/mol. The molecule has 1 aliphatic heterocycles. The fourth-order valence-electron chi connectivity index (χ4n) is 3.30. The zero-order chi connectivity index (χ0) is 19.2. The summed E-state index contributed by atoms with van der Waals surface area (Å²) in [6, 6.07) is 20.1. The fourth-order valence-corrected chi connectivity index (χ4v) is 3.95. The third-order valence-electron chi connectivity index (χ3n) is 4.86. The van der Waals surface area contributed by atoms with Crippen molar-refractivity contribution in [1.29, 1.82) is 0 Å². The van der Waals surface area contributed by atoms with Crippen molar-refractivity contribution in [3.05, 3.63) is 77.2 Å². The molecule has 0 N–H and O–H groups in total. The number of benzene rings is 2. The van der Waals surface area contributed by atoms with Crippen LogP contribution in [-0.2, 0) is 0 Å². The van der Waals surface area contributed by atoms with Crippen LogP contribution in [0.2, 0.25) is 0 Å². The van der Waals surface area contributed by atoms with Gasteiger partial charge in [-0.2, -0.15) is 0 Å². The number of hydrogen-bond donors (Lipinski definition) is 0. The molecule has 5 nitrogen and oxygen atoms in total. The smallest absolute Gasteiger partial charge is 0.267 e. The van der Waals surface area contributed by atoms with E-state index in [1.165, 1.54) is 17.1 Å². The number of amides is 1. The fraction of sp³-hybridized carbons (Fsp3) is 0.227. The van der Waals surface area contributed by atoms with Crippen LogP contribution >= 0.6 is 11.5 Å². The topological polar surface area (TPSA) is 49.3 Å². The molecule has 1 saturated heterocycles. The molecule has 0 bridgehead atoms. The van der Waals surface area contributed by atoms with Gasteiger partial charge in [-0.15, -0.1) is 5.10 Å². The Labute approximate surface area is 169 Å². The first-order valence-electron chi connectivity index (χ1n) is 9.42. The van der Waals surface area contributed by atoms with E-state index in [9.17, 15) is 4.79 Å². The van der Waals surface area contributed by atoms with Gasteiger partial charge in [-0.05, 0) is 17.1 Å². The lowest BCUT2D eigenvalue weighted by Gasteiger charge is -2.33. The third-order valence-corrected chi connectivity index (χ3v) is 5.58. The van der Waals surface area contributed by atoms with E-state index in [1.807, 2.05) is 53.4 Å². The van der Waals surface area contributed by atoms with Gasteiger partial charge >= 0.3 is 0 Å². The Morgan fingerprint density at radius 2 is 1.64 bits per heavy atom. The molecule has 1 aliphatic rings. The minimum Gasteiger partial charge on any atom is -0.335 e. The molecule has 0 spiro atoms. The molecule has 1 amide bonds. The summed E-state index contributed by atoms with van der Waals surface area (Å²) in [6.45, 7) is 4.10. The molecule has 1 fully saturated rings. The van der Waals surface area contributed by atoms with Crippen LogP contribution in [-0.4, -0.2) is 58.0 Å². The molecular weight excluding hydrogens is 368 g/mol. The van der Waals surface area contributed by atoms with E-state index >= 15 is 0 Å². The average molecular weight is 391 g/mol. The highest BCUT2D eigenvalue weighted by molar-refractivity contribution is 7.08. The van der Waals surface area contributed by atoms with E-state index in [1.54, 1.807) is 0 Å². The molecular formula is C22H22N4OS. The van der Waals surface area contributed by atoms with Gasteiger partial charge in [-0.3, -0.25) is 9.69 Å². The summed E-state index contributed by atoms with van der Waals surface area (Å²) >= 11 is 1.18. The number of rotatable bonds is 5.